The predicted molar refractivity (Wildman–Crippen MR) is 153 cm³/mol. The van der Waals surface area contributed by atoms with Gasteiger partial charge in [0.25, 0.3) is 0 Å². The Labute approximate surface area is 238 Å². The van der Waals surface area contributed by atoms with E-state index < -0.39 is 17.8 Å². The van der Waals surface area contributed by atoms with Crippen LogP contribution >= 0.6 is 0 Å². The topological polar surface area (TPSA) is 107 Å². The lowest BCUT2D eigenvalue weighted by Gasteiger charge is -2.13. The molecule has 2 amide bonds. The van der Waals surface area contributed by atoms with Crippen molar-refractivity contribution in [3.05, 3.63) is 96.8 Å². The average Bonchev–Trinajstić information content (AvgIpc) is 2.97. The Bertz CT molecular complexity index is 1730. The van der Waals surface area contributed by atoms with Crippen molar-refractivity contribution in [3.63, 3.8) is 0 Å². The average molecular weight is 576 g/mol. The highest BCUT2D eigenvalue weighted by atomic mass is 19.4. The van der Waals surface area contributed by atoms with E-state index in [9.17, 15) is 18.0 Å². The molecule has 0 radical (unpaired) electrons. The van der Waals surface area contributed by atoms with Crippen LogP contribution in [0.4, 0.5) is 40.8 Å². The molecule has 0 atom stereocenters. The second-order valence-corrected chi connectivity index (χ2v) is 8.88. The summed E-state index contributed by atoms with van der Waals surface area (Å²) < 4.78 is 55.5. The predicted octanol–water partition coefficient (Wildman–Crippen LogP) is 7.85. The summed E-state index contributed by atoms with van der Waals surface area (Å²) in [6.07, 6.45) is -3.06. The van der Waals surface area contributed by atoms with Crippen LogP contribution in [-0.4, -0.2) is 30.2 Å². The molecule has 1 heterocycles. The number of hydrogen-bond donors (Lipinski definition) is 3. The van der Waals surface area contributed by atoms with Crippen LogP contribution in [0.5, 0.6) is 23.0 Å². The minimum absolute atomic E-state index is 0.0113. The number of benzene rings is 4. The van der Waals surface area contributed by atoms with Gasteiger partial charge in [-0.1, -0.05) is 12.1 Å². The fraction of sp³-hybridized carbons (Fsp3) is 0.100. The minimum Gasteiger partial charge on any atom is -0.493 e. The quantitative estimate of drug-likeness (QED) is 0.173. The number of aromatic nitrogens is 2. The zero-order chi connectivity index (χ0) is 29.7. The van der Waals surface area contributed by atoms with Gasteiger partial charge in [-0.05, 0) is 60.7 Å². The summed E-state index contributed by atoms with van der Waals surface area (Å²) in [4.78, 5) is 21.0. The molecule has 0 unspecified atom stereocenters. The SMILES string of the molecule is COc1cc2ncnc(Nc3ccc(Oc4cccc(NC(=O)Nc5cccc(C(F)(F)F)c5)c4)cc3)c2cc1OC. The first-order chi connectivity index (χ1) is 20.2. The Balaban J connectivity index is 1.23. The van der Waals surface area contributed by atoms with Gasteiger partial charge in [0.2, 0.25) is 0 Å². The van der Waals surface area contributed by atoms with Crippen LogP contribution in [0.15, 0.2) is 91.3 Å². The molecule has 5 rings (SSSR count). The molecule has 214 valence electrons. The van der Waals surface area contributed by atoms with Crippen LogP contribution in [-0.2, 0) is 6.18 Å². The molecular formula is C30H24F3N5O4. The van der Waals surface area contributed by atoms with Crippen molar-refractivity contribution in [1.82, 2.24) is 9.97 Å². The normalized spacial score (nSPS) is 11.1. The Kier molecular flexibility index (Phi) is 7.96. The van der Waals surface area contributed by atoms with E-state index in [2.05, 4.69) is 25.9 Å². The van der Waals surface area contributed by atoms with E-state index in [1.807, 2.05) is 12.1 Å². The summed E-state index contributed by atoms with van der Waals surface area (Å²) >= 11 is 0. The number of nitrogens with one attached hydrogen (secondary N) is 3. The largest absolute Gasteiger partial charge is 0.493 e. The van der Waals surface area contributed by atoms with Crippen molar-refractivity contribution in [2.45, 2.75) is 6.18 Å². The summed E-state index contributed by atoms with van der Waals surface area (Å²) in [5.41, 5.74) is 0.972. The molecule has 0 bridgehead atoms. The molecule has 0 saturated carbocycles. The molecule has 0 saturated heterocycles. The van der Waals surface area contributed by atoms with Gasteiger partial charge in [0.05, 0.1) is 25.3 Å². The number of ether oxygens (including phenoxy) is 3. The number of fused-ring (bicyclic) bond motifs is 1. The van der Waals surface area contributed by atoms with E-state index in [0.29, 0.717) is 40.0 Å². The van der Waals surface area contributed by atoms with Gasteiger partial charge in [-0.25, -0.2) is 14.8 Å². The first kappa shape index (κ1) is 28.0. The number of urea groups is 1. The summed E-state index contributed by atoms with van der Waals surface area (Å²) in [5.74, 6) is 2.67. The number of methoxy groups -OCH3 is 2. The van der Waals surface area contributed by atoms with Crippen LogP contribution in [0, 0.1) is 0 Å². The third kappa shape index (κ3) is 6.61. The zero-order valence-corrected chi connectivity index (χ0v) is 22.3. The Morgan fingerprint density at radius 2 is 1.40 bits per heavy atom. The lowest BCUT2D eigenvalue weighted by molar-refractivity contribution is -0.137. The molecule has 0 aliphatic rings. The number of rotatable bonds is 8. The second-order valence-electron chi connectivity index (χ2n) is 8.88. The fourth-order valence-electron chi connectivity index (χ4n) is 4.07. The molecule has 0 aliphatic carbocycles. The van der Waals surface area contributed by atoms with Gasteiger partial charge in [0, 0.05) is 34.6 Å². The molecule has 0 spiro atoms. The van der Waals surface area contributed by atoms with Crippen LogP contribution in [0.2, 0.25) is 0 Å². The van der Waals surface area contributed by atoms with Crippen molar-refractivity contribution >= 4 is 39.8 Å². The highest BCUT2D eigenvalue weighted by Gasteiger charge is 2.30. The van der Waals surface area contributed by atoms with Gasteiger partial charge in [-0.3, -0.25) is 0 Å². The lowest BCUT2D eigenvalue weighted by Crippen LogP contribution is -2.19. The minimum atomic E-state index is -4.51. The molecular weight excluding hydrogens is 551 g/mol. The molecule has 3 N–H and O–H groups in total. The first-order valence-corrected chi connectivity index (χ1v) is 12.5. The van der Waals surface area contributed by atoms with E-state index in [1.54, 1.807) is 62.8 Å². The summed E-state index contributed by atoms with van der Waals surface area (Å²) in [6.45, 7) is 0. The molecule has 9 nitrogen and oxygen atoms in total. The van der Waals surface area contributed by atoms with E-state index >= 15 is 0 Å². The monoisotopic (exact) mass is 575 g/mol. The van der Waals surface area contributed by atoms with Crippen LogP contribution in [0.25, 0.3) is 10.9 Å². The van der Waals surface area contributed by atoms with Crippen molar-refractivity contribution < 1.29 is 32.2 Å². The maximum Gasteiger partial charge on any atom is 0.416 e. The van der Waals surface area contributed by atoms with Crippen molar-refractivity contribution in [2.75, 3.05) is 30.2 Å². The molecule has 12 heteroatoms. The van der Waals surface area contributed by atoms with Crippen LogP contribution in [0.3, 0.4) is 0 Å². The number of anilines is 4. The first-order valence-electron chi connectivity index (χ1n) is 12.5. The van der Waals surface area contributed by atoms with Crippen LogP contribution in [0.1, 0.15) is 5.56 Å². The van der Waals surface area contributed by atoms with E-state index in [4.69, 9.17) is 14.2 Å². The number of carbonyl (C=O) groups is 1. The summed E-state index contributed by atoms with van der Waals surface area (Å²) in [7, 11) is 3.11. The number of halogens is 3. The van der Waals surface area contributed by atoms with Gasteiger partial charge in [0.1, 0.15) is 23.6 Å². The maximum atomic E-state index is 12.9. The van der Waals surface area contributed by atoms with Crippen molar-refractivity contribution in [2.24, 2.45) is 0 Å². The molecule has 4 aromatic carbocycles. The Morgan fingerprint density at radius 1 is 0.738 bits per heavy atom. The Morgan fingerprint density at radius 3 is 2.10 bits per heavy atom. The number of nitrogens with zero attached hydrogens (tertiary/aromatic N) is 2. The van der Waals surface area contributed by atoms with Crippen molar-refractivity contribution in [3.8, 4) is 23.0 Å². The van der Waals surface area contributed by atoms with E-state index in [1.165, 1.54) is 18.5 Å². The highest BCUT2D eigenvalue weighted by Crippen LogP contribution is 2.35. The number of alkyl halides is 3. The number of carbonyl (C=O) groups excluding carboxylic acids is 1. The molecule has 42 heavy (non-hydrogen) atoms. The summed E-state index contributed by atoms with van der Waals surface area (Å²) in [5, 5.41) is 9.01. The highest BCUT2D eigenvalue weighted by molar-refractivity contribution is 6.00. The molecule has 0 aliphatic heterocycles. The van der Waals surface area contributed by atoms with Gasteiger partial charge < -0.3 is 30.2 Å². The van der Waals surface area contributed by atoms with Crippen molar-refractivity contribution in [1.29, 1.82) is 0 Å². The fourth-order valence-corrected chi connectivity index (χ4v) is 4.07. The smallest absolute Gasteiger partial charge is 0.416 e. The Hall–Kier alpha value is -5.52. The zero-order valence-electron chi connectivity index (χ0n) is 22.3. The summed E-state index contributed by atoms with van der Waals surface area (Å²) in [6, 6.07) is 21.0. The van der Waals surface area contributed by atoms with Crippen LogP contribution < -0.4 is 30.2 Å². The number of amides is 2. The van der Waals surface area contributed by atoms with E-state index in [0.717, 1.165) is 23.2 Å². The van der Waals surface area contributed by atoms with Gasteiger partial charge in [0.15, 0.2) is 11.5 Å². The van der Waals surface area contributed by atoms with Gasteiger partial charge in [-0.2, -0.15) is 13.2 Å². The number of hydrogen-bond acceptors (Lipinski definition) is 7. The van der Waals surface area contributed by atoms with E-state index in [-0.39, 0.29) is 5.69 Å². The third-order valence-corrected chi connectivity index (χ3v) is 6.03. The molecule has 1 aromatic heterocycles. The second kappa shape index (κ2) is 11.9. The third-order valence-electron chi connectivity index (χ3n) is 6.03. The maximum absolute atomic E-state index is 12.9. The van der Waals surface area contributed by atoms with Gasteiger partial charge in [-0.15, -0.1) is 0 Å². The van der Waals surface area contributed by atoms with Gasteiger partial charge >= 0.3 is 12.2 Å². The molecule has 0 fully saturated rings. The lowest BCUT2D eigenvalue weighted by atomic mass is 10.2. The standard InChI is InChI=1S/C30H24F3N5O4/c1-40-26-15-24-25(16-27(26)41-2)34-17-35-28(24)36-19-9-11-22(12-10-19)42-23-8-4-7-21(14-23)38-29(39)37-20-6-3-5-18(13-20)30(31,32)33/h3-17H,1-2H3,(H,34,35,36)(H2,37,38,39). The molecule has 5 aromatic rings.